The van der Waals surface area contributed by atoms with Crippen LogP contribution in [0.25, 0.3) is 11.2 Å². The molecule has 2 aromatic carbocycles. The average Bonchev–Trinajstić information content (AvgIpc) is 3.21. The number of methoxy groups -OCH3 is 1. The summed E-state index contributed by atoms with van der Waals surface area (Å²) in [6, 6.07) is 12.9. The Hall–Kier alpha value is -3.24. The summed E-state index contributed by atoms with van der Waals surface area (Å²) in [4.78, 5) is 22.4. The number of nitrogens with zero attached hydrogens (tertiary/aromatic N) is 3. The molecule has 2 aromatic heterocycles. The number of fused-ring (bicyclic) bond motifs is 1. The number of carbonyl (C=O) groups excluding carboxylic acids is 1. The molecule has 36 heavy (non-hydrogen) atoms. The van der Waals surface area contributed by atoms with Crippen LogP contribution in [0.3, 0.4) is 0 Å². The fraction of sp³-hybridized carbons (Fsp3) is 0.240. The van der Waals surface area contributed by atoms with E-state index in [1.165, 1.54) is 24.9 Å². The molecular weight excluding hydrogens is 513 g/mol. The number of rotatable bonds is 8. The van der Waals surface area contributed by atoms with E-state index >= 15 is 0 Å². The second kappa shape index (κ2) is 10.8. The molecule has 4 aromatic rings. The summed E-state index contributed by atoms with van der Waals surface area (Å²) in [7, 11) is 1.50. The van der Waals surface area contributed by atoms with Crippen molar-refractivity contribution in [2.75, 3.05) is 12.4 Å². The smallest absolute Gasteiger partial charge is 0.416 e. The third kappa shape index (κ3) is 5.60. The van der Waals surface area contributed by atoms with Crippen molar-refractivity contribution in [3.05, 3.63) is 76.9 Å². The summed E-state index contributed by atoms with van der Waals surface area (Å²) in [5.74, 6) is 0.420. The van der Waals surface area contributed by atoms with Gasteiger partial charge in [0.2, 0.25) is 5.91 Å². The molecule has 1 N–H and O–H groups in total. The van der Waals surface area contributed by atoms with Crippen molar-refractivity contribution in [2.24, 2.45) is 0 Å². The monoisotopic (exact) mass is 534 g/mol. The number of imidazole rings is 1. The molecule has 0 spiro atoms. The number of pyridine rings is 1. The van der Waals surface area contributed by atoms with Crippen LogP contribution in [-0.2, 0) is 16.7 Å². The van der Waals surface area contributed by atoms with E-state index in [9.17, 15) is 18.0 Å². The maximum atomic E-state index is 13.3. The van der Waals surface area contributed by atoms with Gasteiger partial charge >= 0.3 is 6.18 Å². The fourth-order valence-corrected chi connectivity index (χ4v) is 4.98. The van der Waals surface area contributed by atoms with Gasteiger partial charge in [0.05, 0.1) is 17.7 Å². The molecule has 0 fully saturated rings. The number of amides is 1. The molecule has 2 heterocycles. The number of carbonyl (C=O) groups is 1. The topological polar surface area (TPSA) is 69.0 Å². The van der Waals surface area contributed by atoms with Crippen molar-refractivity contribution in [2.45, 2.75) is 36.5 Å². The first-order chi connectivity index (χ1) is 17.2. The van der Waals surface area contributed by atoms with Gasteiger partial charge in [0.1, 0.15) is 17.3 Å². The predicted molar refractivity (Wildman–Crippen MR) is 134 cm³/mol. The number of thioether (sulfide) groups is 1. The molecule has 0 aliphatic rings. The van der Waals surface area contributed by atoms with Gasteiger partial charge in [-0.1, -0.05) is 48.5 Å². The zero-order valence-electron chi connectivity index (χ0n) is 19.3. The highest BCUT2D eigenvalue weighted by Gasteiger charge is 2.30. The predicted octanol–water partition coefficient (Wildman–Crippen LogP) is 6.99. The van der Waals surface area contributed by atoms with E-state index < -0.39 is 17.8 Å². The molecule has 0 bridgehead atoms. The first-order valence-corrected chi connectivity index (χ1v) is 12.3. The molecular formula is C25H22ClF3N4O2S. The zero-order chi connectivity index (χ0) is 25.9. The highest BCUT2D eigenvalue weighted by molar-refractivity contribution is 7.98. The lowest BCUT2D eigenvalue weighted by atomic mass is 10.1. The van der Waals surface area contributed by atoms with Crippen molar-refractivity contribution in [1.82, 2.24) is 14.5 Å². The Labute approximate surface area is 214 Å². The van der Waals surface area contributed by atoms with E-state index in [4.69, 9.17) is 16.3 Å². The summed E-state index contributed by atoms with van der Waals surface area (Å²) < 4.78 is 46.3. The largest absolute Gasteiger partial charge is 0.495 e. The van der Waals surface area contributed by atoms with E-state index in [0.29, 0.717) is 44.8 Å². The molecule has 6 nitrogen and oxygen atoms in total. The van der Waals surface area contributed by atoms with Gasteiger partial charge in [-0.25, -0.2) is 9.97 Å². The van der Waals surface area contributed by atoms with Gasteiger partial charge in [-0.15, -0.1) is 0 Å². The number of anilines is 1. The minimum absolute atomic E-state index is 0.235. The van der Waals surface area contributed by atoms with Gasteiger partial charge in [-0.05, 0) is 48.4 Å². The summed E-state index contributed by atoms with van der Waals surface area (Å²) >= 11 is 7.44. The van der Waals surface area contributed by atoms with Gasteiger partial charge < -0.3 is 10.1 Å². The molecule has 188 valence electrons. The Bertz CT molecular complexity index is 1390. The third-order valence-electron chi connectivity index (χ3n) is 5.46. The average molecular weight is 535 g/mol. The van der Waals surface area contributed by atoms with Crippen molar-refractivity contribution < 1.29 is 22.7 Å². The van der Waals surface area contributed by atoms with Gasteiger partial charge in [0, 0.05) is 17.6 Å². The molecule has 4 rings (SSSR count). The van der Waals surface area contributed by atoms with Crippen LogP contribution in [0.5, 0.6) is 5.75 Å². The van der Waals surface area contributed by atoms with Gasteiger partial charge in [0.15, 0.2) is 10.8 Å². The Morgan fingerprint density at radius 2 is 2.00 bits per heavy atom. The summed E-state index contributed by atoms with van der Waals surface area (Å²) in [6.07, 6.45) is -2.39. The molecule has 0 saturated carbocycles. The first kappa shape index (κ1) is 25.8. The van der Waals surface area contributed by atoms with Crippen molar-refractivity contribution in [1.29, 1.82) is 0 Å². The van der Waals surface area contributed by atoms with Crippen LogP contribution >= 0.6 is 23.4 Å². The quantitative estimate of drug-likeness (QED) is 0.247. The van der Waals surface area contributed by atoms with Crippen molar-refractivity contribution in [3.63, 3.8) is 0 Å². The minimum atomic E-state index is -4.42. The highest BCUT2D eigenvalue weighted by Crippen LogP contribution is 2.34. The molecule has 0 aliphatic carbocycles. The van der Waals surface area contributed by atoms with Crippen LogP contribution in [0.2, 0.25) is 5.02 Å². The second-order valence-corrected chi connectivity index (χ2v) is 9.21. The molecule has 0 aliphatic heterocycles. The maximum Gasteiger partial charge on any atom is 0.416 e. The SMILES string of the molecule is CCC(C(=O)Nc1ccc(OC)c(Cl)c1)n1c(SCc2cccc(C(F)(F)F)c2)nc2cccnc21. The number of hydrogen-bond acceptors (Lipinski definition) is 5. The third-order valence-corrected chi connectivity index (χ3v) is 6.78. The van der Waals surface area contributed by atoms with Gasteiger partial charge in [-0.2, -0.15) is 13.2 Å². The first-order valence-electron chi connectivity index (χ1n) is 11.0. The molecule has 1 atom stereocenters. The number of halogens is 4. The zero-order valence-corrected chi connectivity index (χ0v) is 20.9. The van der Waals surface area contributed by atoms with E-state index in [0.717, 1.165) is 12.1 Å². The Kier molecular flexibility index (Phi) is 7.75. The Morgan fingerprint density at radius 3 is 2.69 bits per heavy atom. The molecule has 1 amide bonds. The number of hydrogen-bond donors (Lipinski definition) is 1. The van der Waals surface area contributed by atoms with E-state index in [1.807, 2.05) is 6.92 Å². The lowest BCUT2D eigenvalue weighted by molar-refractivity contribution is -0.137. The van der Waals surface area contributed by atoms with Gasteiger partial charge in [0.25, 0.3) is 0 Å². The number of nitrogens with one attached hydrogen (secondary N) is 1. The van der Waals surface area contributed by atoms with Crippen LogP contribution in [0.15, 0.2) is 66.0 Å². The lowest BCUT2D eigenvalue weighted by Crippen LogP contribution is -2.26. The highest BCUT2D eigenvalue weighted by atomic mass is 35.5. The van der Waals surface area contributed by atoms with Crippen LogP contribution in [0.4, 0.5) is 18.9 Å². The number of ether oxygens (including phenoxy) is 1. The minimum Gasteiger partial charge on any atom is -0.495 e. The Morgan fingerprint density at radius 1 is 1.19 bits per heavy atom. The standard InChI is InChI=1S/C25H22ClF3N4O2S/c1-3-20(23(34)31-17-9-10-21(35-2)18(26)13-17)33-22-19(8-5-11-30-22)32-24(33)36-14-15-6-4-7-16(12-15)25(27,28)29/h4-13,20H,3,14H2,1-2H3,(H,31,34). The fourth-order valence-electron chi connectivity index (χ4n) is 3.73. The van der Waals surface area contributed by atoms with E-state index in [1.54, 1.807) is 47.2 Å². The number of aromatic nitrogens is 3. The molecule has 11 heteroatoms. The van der Waals surface area contributed by atoms with Crippen molar-refractivity contribution >= 4 is 46.1 Å². The van der Waals surface area contributed by atoms with Crippen LogP contribution in [0.1, 0.15) is 30.5 Å². The second-order valence-electron chi connectivity index (χ2n) is 7.86. The van der Waals surface area contributed by atoms with Crippen molar-refractivity contribution in [3.8, 4) is 5.75 Å². The molecule has 1 unspecified atom stereocenters. The van der Waals surface area contributed by atoms with E-state index in [-0.39, 0.29) is 11.7 Å². The lowest BCUT2D eigenvalue weighted by Gasteiger charge is -2.19. The van der Waals surface area contributed by atoms with Crippen LogP contribution < -0.4 is 10.1 Å². The van der Waals surface area contributed by atoms with Crippen LogP contribution in [0, 0.1) is 0 Å². The summed E-state index contributed by atoms with van der Waals surface area (Å²) in [5, 5.41) is 3.71. The number of benzene rings is 2. The molecule has 0 radical (unpaired) electrons. The molecule has 0 saturated heterocycles. The van der Waals surface area contributed by atoms with E-state index in [2.05, 4.69) is 15.3 Å². The van der Waals surface area contributed by atoms with Gasteiger partial charge in [-0.3, -0.25) is 9.36 Å². The number of alkyl halides is 3. The Balaban J connectivity index is 1.63. The summed E-state index contributed by atoms with van der Waals surface area (Å²) in [6.45, 7) is 1.86. The van der Waals surface area contributed by atoms with Crippen LogP contribution in [-0.4, -0.2) is 27.6 Å². The summed E-state index contributed by atoms with van der Waals surface area (Å²) in [5.41, 5.74) is 1.38. The normalized spacial score (nSPS) is 12.5. The maximum absolute atomic E-state index is 13.3.